The molecule has 0 aromatic heterocycles. The van der Waals surface area contributed by atoms with Gasteiger partial charge >= 0.3 is 0 Å². The van der Waals surface area contributed by atoms with E-state index in [4.69, 9.17) is 16.9 Å². The fourth-order valence-corrected chi connectivity index (χ4v) is 0.293. The number of hydrogen-bond donors (Lipinski definition) is 3. The minimum atomic E-state index is 0.227. The van der Waals surface area contributed by atoms with Gasteiger partial charge in [0, 0.05) is 6.42 Å². The summed E-state index contributed by atoms with van der Waals surface area (Å²) in [4.78, 5) is 0. The first-order chi connectivity index (χ1) is 3.27. The summed E-state index contributed by atoms with van der Waals surface area (Å²) in [5.74, 6) is 0.227. The Hall–Kier alpha value is -0.570. The molecular formula is C4H11N3. The van der Waals surface area contributed by atoms with Gasteiger partial charge in [-0.05, 0) is 13.0 Å². The molecule has 0 unspecified atom stereocenters. The van der Waals surface area contributed by atoms with Crippen molar-refractivity contribution in [2.24, 2.45) is 11.5 Å². The summed E-state index contributed by atoms with van der Waals surface area (Å²) in [5.41, 5.74) is 10.1. The first kappa shape index (κ1) is 6.43. The van der Waals surface area contributed by atoms with Gasteiger partial charge in [-0.2, -0.15) is 0 Å². The highest BCUT2D eigenvalue weighted by atomic mass is 14.7. The van der Waals surface area contributed by atoms with Crippen LogP contribution in [-0.4, -0.2) is 12.4 Å². The third kappa shape index (κ3) is 5.43. The predicted octanol–water partition coefficient (Wildman–Crippen LogP) is -0.339. The average Bonchev–Trinajstić information content (AvgIpc) is 1.61. The van der Waals surface area contributed by atoms with Gasteiger partial charge < -0.3 is 11.5 Å². The quantitative estimate of drug-likeness (QED) is 0.336. The molecule has 7 heavy (non-hydrogen) atoms. The van der Waals surface area contributed by atoms with E-state index in [1.54, 1.807) is 0 Å². The van der Waals surface area contributed by atoms with E-state index in [0.29, 0.717) is 13.0 Å². The van der Waals surface area contributed by atoms with E-state index >= 15 is 0 Å². The summed E-state index contributed by atoms with van der Waals surface area (Å²) in [6.07, 6.45) is 1.46. The van der Waals surface area contributed by atoms with E-state index in [9.17, 15) is 0 Å². The number of rotatable bonds is 3. The van der Waals surface area contributed by atoms with Gasteiger partial charge in [-0.1, -0.05) is 0 Å². The van der Waals surface area contributed by atoms with Crippen LogP contribution < -0.4 is 11.5 Å². The van der Waals surface area contributed by atoms with E-state index in [1.807, 2.05) is 0 Å². The molecule has 3 heteroatoms. The molecule has 0 amide bonds. The van der Waals surface area contributed by atoms with Crippen LogP contribution >= 0.6 is 0 Å². The number of nitrogens with one attached hydrogen (secondary N) is 1. The lowest BCUT2D eigenvalue weighted by Crippen LogP contribution is -2.11. The van der Waals surface area contributed by atoms with Crippen molar-refractivity contribution in [1.29, 1.82) is 5.41 Å². The second kappa shape index (κ2) is 3.61. The van der Waals surface area contributed by atoms with Gasteiger partial charge in [0.05, 0.1) is 5.84 Å². The molecule has 0 aromatic rings. The average molecular weight is 101 g/mol. The maximum Gasteiger partial charge on any atom is 0.0905 e. The van der Waals surface area contributed by atoms with E-state index in [0.717, 1.165) is 6.42 Å². The van der Waals surface area contributed by atoms with Crippen LogP contribution in [0.4, 0.5) is 0 Å². The normalized spacial score (nSPS) is 8.71. The van der Waals surface area contributed by atoms with Crippen LogP contribution in [0.2, 0.25) is 0 Å². The molecular weight excluding hydrogens is 90.1 g/mol. The summed E-state index contributed by atoms with van der Waals surface area (Å²) >= 11 is 0. The van der Waals surface area contributed by atoms with Crippen LogP contribution in [0.1, 0.15) is 12.8 Å². The monoisotopic (exact) mass is 101 g/mol. The molecule has 0 saturated heterocycles. The van der Waals surface area contributed by atoms with Crippen molar-refractivity contribution in [3.05, 3.63) is 0 Å². The Balaban J connectivity index is 2.82. The fraction of sp³-hybridized carbons (Fsp3) is 0.750. The molecule has 5 N–H and O–H groups in total. The molecule has 3 nitrogen and oxygen atoms in total. The highest BCUT2D eigenvalue weighted by Crippen LogP contribution is 1.80. The predicted molar refractivity (Wildman–Crippen MR) is 30.2 cm³/mol. The first-order valence-electron chi connectivity index (χ1n) is 2.30. The van der Waals surface area contributed by atoms with E-state index in [2.05, 4.69) is 0 Å². The summed E-state index contributed by atoms with van der Waals surface area (Å²) < 4.78 is 0. The van der Waals surface area contributed by atoms with Crippen LogP contribution in [0.5, 0.6) is 0 Å². The third-order valence-corrected chi connectivity index (χ3v) is 0.650. The molecule has 42 valence electrons. The Bertz CT molecular complexity index is 60.0. The van der Waals surface area contributed by atoms with Crippen molar-refractivity contribution < 1.29 is 0 Å². The molecule has 0 saturated carbocycles. The van der Waals surface area contributed by atoms with Crippen molar-refractivity contribution >= 4 is 5.84 Å². The third-order valence-electron chi connectivity index (χ3n) is 0.650. The lowest BCUT2D eigenvalue weighted by atomic mass is 10.3. The topological polar surface area (TPSA) is 75.9 Å². The lowest BCUT2D eigenvalue weighted by molar-refractivity contribution is 0.869. The molecule has 0 aromatic carbocycles. The fourth-order valence-electron chi connectivity index (χ4n) is 0.293. The number of hydrogen-bond acceptors (Lipinski definition) is 2. The maximum atomic E-state index is 6.72. The van der Waals surface area contributed by atoms with Gasteiger partial charge in [0.1, 0.15) is 0 Å². The highest BCUT2D eigenvalue weighted by molar-refractivity contribution is 5.76. The van der Waals surface area contributed by atoms with E-state index < -0.39 is 0 Å². The minimum absolute atomic E-state index is 0.227. The SMILES string of the molecule is N=C(N)CCCN. The van der Waals surface area contributed by atoms with Crippen LogP contribution in [-0.2, 0) is 0 Å². The van der Waals surface area contributed by atoms with E-state index in [-0.39, 0.29) is 5.84 Å². The molecule has 0 atom stereocenters. The molecule has 0 rings (SSSR count). The van der Waals surface area contributed by atoms with Crippen molar-refractivity contribution in [3.8, 4) is 0 Å². The Morgan fingerprint density at radius 3 is 2.29 bits per heavy atom. The summed E-state index contributed by atoms with van der Waals surface area (Å²) in [7, 11) is 0. The van der Waals surface area contributed by atoms with Crippen LogP contribution in [0.15, 0.2) is 0 Å². The molecule has 0 bridgehead atoms. The van der Waals surface area contributed by atoms with Gasteiger partial charge in [-0.3, -0.25) is 5.41 Å². The largest absolute Gasteiger partial charge is 0.388 e. The van der Waals surface area contributed by atoms with Crippen molar-refractivity contribution in [3.63, 3.8) is 0 Å². The van der Waals surface area contributed by atoms with Crippen LogP contribution in [0.3, 0.4) is 0 Å². The van der Waals surface area contributed by atoms with Gasteiger partial charge in [-0.25, -0.2) is 0 Å². The van der Waals surface area contributed by atoms with Crippen LogP contribution in [0.25, 0.3) is 0 Å². The number of amidine groups is 1. The van der Waals surface area contributed by atoms with Crippen molar-refractivity contribution in [2.75, 3.05) is 6.54 Å². The Labute approximate surface area is 43.2 Å². The molecule has 0 spiro atoms. The maximum absolute atomic E-state index is 6.72. The van der Waals surface area contributed by atoms with Gasteiger partial charge in [0.2, 0.25) is 0 Å². The summed E-state index contributed by atoms with van der Waals surface area (Å²) in [6, 6.07) is 0. The Morgan fingerprint density at radius 1 is 1.57 bits per heavy atom. The zero-order valence-electron chi connectivity index (χ0n) is 4.28. The van der Waals surface area contributed by atoms with Gasteiger partial charge in [0.25, 0.3) is 0 Å². The zero-order valence-corrected chi connectivity index (χ0v) is 4.28. The molecule has 0 heterocycles. The summed E-state index contributed by atoms with van der Waals surface area (Å²) in [5, 5.41) is 6.72. The van der Waals surface area contributed by atoms with Gasteiger partial charge in [-0.15, -0.1) is 0 Å². The second-order valence-corrected chi connectivity index (χ2v) is 1.42. The lowest BCUT2D eigenvalue weighted by Gasteiger charge is -1.90. The molecule has 0 radical (unpaired) electrons. The summed E-state index contributed by atoms with van der Waals surface area (Å²) in [6.45, 7) is 0.625. The molecule has 0 aliphatic heterocycles. The Kier molecular flexibility index (Phi) is 3.32. The zero-order chi connectivity index (χ0) is 5.70. The highest BCUT2D eigenvalue weighted by Gasteiger charge is 1.83. The molecule has 0 aliphatic carbocycles. The van der Waals surface area contributed by atoms with Crippen LogP contribution in [0, 0.1) is 5.41 Å². The first-order valence-corrected chi connectivity index (χ1v) is 2.30. The number of nitrogens with two attached hydrogens (primary N) is 2. The van der Waals surface area contributed by atoms with E-state index in [1.165, 1.54) is 0 Å². The van der Waals surface area contributed by atoms with Gasteiger partial charge in [0.15, 0.2) is 0 Å². The second-order valence-electron chi connectivity index (χ2n) is 1.42. The molecule has 0 fully saturated rings. The van der Waals surface area contributed by atoms with Crippen molar-refractivity contribution in [2.45, 2.75) is 12.8 Å². The molecule has 0 aliphatic rings. The van der Waals surface area contributed by atoms with Crippen molar-refractivity contribution in [1.82, 2.24) is 0 Å². The minimum Gasteiger partial charge on any atom is -0.388 e. The Morgan fingerprint density at radius 2 is 2.14 bits per heavy atom. The smallest absolute Gasteiger partial charge is 0.0905 e. The standard InChI is InChI=1S/C4H11N3/c5-3-1-2-4(6)7/h1-3,5H2,(H3,6,7).